The van der Waals surface area contributed by atoms with E-state index < -0.39 is 0 Å². The van der Waals surface area contributed by atoms with E-state index in [1.54, 1.807) is 0 Å². The lowest BCUT2D eigenvalue weighted by molar-refractivity contribution is 1.31. The van der Waals surface area contributed by atoms with Gasteiger partial charge in [-0.3, -0.25) is 0 Å². The van der Waals surface area contributed by atoms with Gasteiger partial charge in [0.25, 0.3) is 0 Å². The highest BCUT2D eigenvalue weighted by Gasteiger charge is 2.21. The van der Waals surface area contributed by atoms with Crippen molar-refractivity contribution in [3.05, 3.63) is 188 Å². The van der Waals surface area contributed by atoms with Crippen molar-refractivity contribution < 1.29 is 0 Å². The van der Waals surface area contributed by atoms with E-state index in [1.807, 2.05) is 11.3 Å². The van der Waals surface area contributed by atoms with Crippen molar-refractivity contribution in [2.75, 3.05) is 4.90 Å². The van der Waals surface area contributed by atoms with Crippen molar-refractivity contribution in [2.45, 2.75) is 0 Å². The fraction of sp³-hybridized carbons (Fsp3) is 0. The molecule has 234 valence electrons. The highest BCUT2D eigenvalue weighted by atomic mass is 32.1. The molecule has 0 fully saturated rings. The summed E-state index contributed by atoms with van der Waals surface area (Å²) < 4.78 is 2.59. The van der Waals surface area contributed by atoms with Gasteiger partial charge >= 0.3 is 0 Å². The zero-order chi connectivity index (χ0) is 33.0. The maximum absolute atomic E-state index is 2.47. The van der Waals surface area contributed by atoms with E-state index in [-0.39, 0.29) is 0 Å². The lowest BCUT2D eigenvalue weighted by Crippen LogP contribution is -2.10. The normalized spacial score (nSPS) is 11.6. The van der Waals surface area contributed by atoms with Gasteiger partial charge in [0.15, 0.2) is 0 Å². The molecule has 50 heavy (non-hydrogen) atoms. The second-order valence-electron chi connectivity index (χ2n) is 12.9. The maximum Gasteiger partial charge on any atom is 0.0554 e. The van der Waals surface area contributed by atoms with Crippen LogP contribution in [0, 0.1) is 0 Å². The van der Waals surface area contributed by atoms with Gasteiger partial charge in [0.1, 0.15) is 0 Å². The Morgan fingerprint density at radius 2 is 0.960 bits per heavy atom. The van der Waals surface area contributed by atoms with E-state index in [4.69, 9.17) is 0 Å². The molecule has 0 aliphatic heterocycles. The van der Waals surface area contributed by atoms with Crippen LogP contribution in [0.4, 0.5) is 17.1 Å². The van der Waals surface area contributed by atoms with Gasteiger partial charge in [-0.1, -0.05) is 140 Å². The molecule has 0 radical (unpaired) electrons. The number of benzene rings is 9. The quantitative estimate of drug-likeness (QED) is 0.167. The largest absolute Gasteiger partial charge is 0.310 e. The Balaban J connectivity index is 1.27. The summed E-state index contributed by atoms with van der Waals surface area (Å²) >= 11 is 1.88. The average Bonchev–Trinajstić information content (AvgIpc) is 3.55. The van der Waals surface area contributed by atoms with Crippen LogP contribution in [0.25, 0.3) is 74.7 Å². The average molecular weight is 654 g/mol. The lowest BCUT2D eigenvalue weighted by Gasteiger charge is -2.28. The minimum absolute atomic E-state index is 1.12. The van der Waals surface area contributed by atoms with E-state index in [0.717, 1.165) is 11.4 Å². The number of anilines is 3. The van der Waals surface area contributed by atoms with E-state index in [1.165, 1.54) is 80.4 Å². The summed E-state index contributed by atoms with van der Waals surface area (Å²) in [6, 6.07) is 68.8. The minimum atomic E-state index is 1.12. The third-order valence-corrected chi connectivity index (χ3v) is 11.1. The summed E-state index contributed by atoms with van der Waals surface area (Å²) in [5.74, 6) is 0. The fourth-order valence-corrected chi connectivity index (χ4v) is 8.80. The summed E-state index contributed by atoms with van der Waals surface area (Å²) in [6.45, 7) is 0. The Labute approximate surface area is 294 Å². The summed E-state index contributed by atoms with van der Waals surface area (Å²) in [5.41, 5.74) is 8.26. The van der Waals surface area contributed by atoms with Crippen LogP contribution >= 0.6 is 11.3 Å². The van der Waals surface area contributed by atoms with Crippen molar-refractivity contribution in [3.8, 4) is 22.3 Å². The summed E-state index contributed by atoms with van der Waals surface area (Å²) in [6.07, 6.45) is 0. The molecule has 0 aliphatic carbocycles. The minimum Gasteiger partial charge on any atom is -0.310 e. The Morgan fingerprint density at radius 3 is 1.76 bits per heavy atom. The molecular weight excluding hydrogens is 623 g/mol. The van der Waals surface area contributed by atoms with Crippen LogP contribution in [0.15, 0.2) is 188 Å². The molecule has 0 aliphatic rings. The molecule has 2 heteroatoms. The number of hydrogen-bond acceptors (Lipinski definition) is 2. The number of thiophene rings is 1. The zero-order valence-corrected chi connectivity index (χ0v) is 28.1. The zero-order valence-electron chi connectivity index (χ0n) is 27.3. The third-order valence-electron chi connectivity index (χ3n) is 10.00. The van der Waals surface area contributed by atoms with Crippen LogP contribution in [0.5, 0.6) is 0 Å². The number of nitrogens with zero attached hydrogens (tertiary/aromatic N) is 1. The second-order valence-corrected chi connectivity index (χ2v) is 14.0. The smallest absolute Gasteiger partial charge is 0.0554 e. The van der Waals surface area contributed by atoms with Crippen LogP contribution in [-0.4, -0.2) is 0 Å². The molecule has 0 bridgehead atoms. The second kappa shape index (κ2) is 11.7. The first-order valence-corrected chi connectivity index (χ1v) is 17.9. The van der Waals surface area contributed by atoms with Gasteiger partial charge in [0.05, 0.1) is 5.69 Å². The van der Waals surface area contributed by atoms with Crippen LogP contribution < -0.4 is 4.90 Å². The Bertz CT molecular complexity index is 2870. The standard InChI is InChI=1S/C48H31NS/c1-3-12-32(13-4-1)41-26-25-39(31-43(41)33-14-5-2-6-15-33)49(38-24-27-42-37(28-38)23-22-34-16-9-10-19-40(34)42)45-20-11-21-46-48(45)44-29-35-17-7-8-18-36(35)30-47(44)50-46/h1-31H. The predicted octanol–water partition coefficient (Wildman–Crippen LogP) is 14.3. The van der Waals surface area contributed by atoms with Crippen LogP contribution in [0.2, 0.25) is 0 Å². The highest BCUT2D eigenvalue weighted by molar-refractivity contribution is 7.26. The van der Waals surface area contributed by atoms with Crippen molar-refractivity contribution in [1.29, 1.82) is 0 Å². The first kappa shape index (κ1) is 28.8. The predicted molar refractivity (Wildman–Crippen MR) is 217 cm³/mol. The molecule has 1 nitrogen and oxygen atoms in total. The van der Waals surface area contributed by atoms with Gasteiger partial charge in [-0.15, -0.1) is 11.3 Å². The third kappa shape index (κ3) is 4.76. The van der Waals surface area contributed by atoms with E-state index in [9.17, 15) is 0 Å². The molecular formula is C48H31NS. The molecule has 10 aromatic rings. The molecule has 9 aromatic carbocycles. The van der Waals surface area contributed by atoms with Crippen molar-refractivity contribution >= 4 is 80.9 Å². The molecule has 0 saturated carbocycles. The molecule has 0 N–H and O–H groups in total. The van der Waals surface area contributed by atoms with Crippen molar-refractivity contribution in [1.82, 2.24) is 0 Å². The summed E-state index contributed by atoms with van der Waals surface area (Å²) in [5, 5.41) is 10.1. The van der Waals surface area contributed by atoms with Gasteiger partial charge in [0, 0.05) is 31.5 Å². The Kier molecular flexibility index (Phi) is 6.75. The van der Waals surface area contributed by atoms with E-state index >= 15 is 0 Å². The molecule has 10 rings (SSSR count). The maximum atomic E-state index is 2.47. The Hall–Kier alpha value is -6.22. The first-order chi connectivity index (χ1) is 24.8. The molecule has 0 amide bonds. The number of fused-ring (bicyclic) bond motifs is 7. The van der Waals surface area contributed by atoms with Gasteiger partial charge < -0.3 is 4.90 Å². The van der Waals surface area contributed by atoms with E-state index in [2.05, 4.69) is 193 Å². The van der Waals surface area contributed by atoms with Crippen LogP contribution in [-0.2, 0) is 0 Å². The van der Waals surface area contributed by atoms with Gasteiger partial charge in [-0.25, -0.2) is 0 Å². The highest BCUT2D eigenvalue weighted by Crippen LogP contribution is 2.47. The lowest BCUT2D eigenvalue weighted by atomic mass is 9.93. The molecule has 1 heterocycles. The summed E-state index contributed by atoms with van der Waals surface area (Å²) in [4.78, 5) is 2.47. The van der Waals surface area contributed by atoms with Crippen molar-refractivity contribution in [2.24, 2.45) is 0 Å². The van der Waals surface area contributed by atoms with E-state index in [0.29, 0.717) is 0 Å². The van der Waals surface area contributed by atoms with Gasteiger partial charge in [-0.05, 0) is 103 Å². The van der Waals surface area contributed by atoms with Gasteiger partial charge in [0.2, 0.25) is 0 Å². The monoisotopic (exact) mass is 653 g/mol. The topological polar surface area (TPSA) is 3.24 Å². The molecule has 0 unspecified atom stereocenters. The number of rotatable bonds is 5. The summed E-state index contributed by atoms with van der Waals surface area (Å²) in [7, 11) is 0. The fourth-order valence-electron chi connectivity index (χ4n) is 7.64. The Morgan fingerprint density at radius 1 is 0.340 bits per heavy atom. The van der Waals surface area contributed by atoms with Crippen molar-refractivity contribution in [3.63, 3.8) is 0 Å². The molecule has 0 spiro atoms. The van der Waals surface area contributed by atoms with Gasteiger partial charge in [-0.2, -0.15) is 0 Å². The molecule has 1 aromatic heterocycles. The number of hydrogen-bond donors (Lipinski definition) is 0. The SMILES string of the molecule is c1ccc(-c2ccc(N(c3ccc4c(ccc5ccccc54)c3)c3cccc4sc5cc6ccccc6cc5c34)cc2-c2ccccc2)cc1. The van der Waals surface area contributed by atoms with Crippen LogP contribution in [0.1, 0.15) is 0 Å². The molecule has 0 atom stereocenters. The first-order valence-electron chi connectivity index (χ1n) is 17.1. The molecule has 0 saturated heterocycles. The van der Waals surface area contributed by atoms with Crippen LogP contribution in [0.3, 0.4) is 0 Å².